The van der Waals surface area contributed by atoms with E-state index in [2.05, 4.69) is 5.32 Å². The average Bonchev–Trinajstić information content (AvgIpc) is 2.90. The van der Waals surface area contributed by atoms with Gasteiger partial charge in [-0.25, -0.2) is 0 Å². The standard InChI is InChI=1S/C23H26F3N3O4/c1-4-33-18-10-9-15(11-19(18)32-3)13-28(2)14-22(31)29-17-8-6-5-7-16(17)27-21(30)12-20(29)23(24,25)26/h5-11,20H,4,12-14H2,1-3H3,(H,27,30). The fourth-order valence-electron chi connectivity index (χ4n) is 3.76. The van der Waals surface area contributed by atoms with Crippen LogP contribution in [0.4, 0.5) is 24.5 Å². The van der Waals surface area contributed by atoms with Gasteiger partial charge in [-0.05, 0) is 43.8 Å². The van der Waals surface area contributed by atoms with Crippen molar-refractivity contribution in [3.05, 3.63) is 48.0 Å². The number of methoxy groups -OCH3 is 1. The Morgan fingerprint density at radius 3 is 2.61 bits per heavy atom. The Bertz CT molecular complexity index is 1010. The number of benzene rings is 2. The van der Waals surface area contributed by atoms with Crippen molar-refractivity contribution in [1.29, 1.82) is 0 Å². The van der Waals surface area contributed by atoms with E-state index in [9.17, 15) is 22.8 Å². The van der Waals surface area contributed by atoms with E-state index < -0.39 is 30.5 Å². The van der Waals surface area contributed by atoms with Gasteiger partial charge in [0.05, 0.1) is 38.1 Å². The summed E-state index contributed by atoms with van der Waals surface area (Å²) in [4.78, 5) is 27.5. The van der Waals surface area contributed by atoms with Crippen LogP contribution in [0.1, 0.15) is 18.9 Å². The number of amides is 2. The molecule has 1 unspecified atom stereocenters. The first-order valence-electron chi connectivity index (χ1n) is 10.4. The van der Waals surface area contributed by atoms with Gasteiger partial charge in [-0.3, -0.25) is 19.4 Å². The number of nitrogens with zero attached hydrogens (tertiary/aromatic N) is 2. The van der Waals surface area contributed by atoms with E-state index in [-0.39, 0.29) is 24.5 Å². The molecule has 0 radical (unpaired) electrons. The fourth-order valence-corrected chi connectivity index (χ4v) is 3.76. The van der Waals surface area contributed by atoms with Crippen molar-refractivity contribution in [1.82, 2.24) is 4.90 Å². The highest BCUT2D eigenvalue weighted by atomic mass is 19.4. The Morgan fingerprint density at radius 1 is 1.21 bits per heavy atom. The summed E-state index contributed by atoms with van der Waals surface area (Å²) in [5, 5.41) is 2.46. The lowest BCUT2D eigenvalue weighted by atomic mass is 10.1. The molecule has 1 aliphatic rings. The van der Waals surface area contributed by atoms with Gasteiger partial charge in [-0.2, -0.15) is 13.2 Å². The van der Waals surface area contributed by atoms with Crippen LogP contribution in [0.2, 0.25) is 0 Å². The Kier molecular flexibility index (Phi) is 7.47. The maximum absolute atomic E-state index is 13.9. The largest absolute Gasteiger partial charge is 0.493 e. The summed E-state index contributed by atoms with van der Waals surface area (Å²) in [7, 11) is 3.15. The van der Waals surface area contributed by atoms with Crippen molar-refractivity contribution in [2.24, 2.45) is 0 Å². The second-order valence-electron chi connectivity index (χ2n) is 7.68. The number of carbonyl (C=O) groups excluding carboxylic acids is 2. The number of likely N-dealkylation sites (N-methyl/N-ethyl adjacent to an activating group) is 1. The normalized spacial score (nSPS) is 16.2. The molecule has 2 aromatic carbocycles. The van der Waals surface area contributed by atoms with E-state index >= 15 is 0 Å². The topological polar surface area (TPSA) is 71.1 Å². The molecule has 2 amide bonds. The molecule has 0 aromatic heterocycles. The number of nitrogens with one attached hydrogen (secondary N) is 1. The number of halogens is 3. The van der Waals surface area contributed by atoms with Gasteiger partial charge < -0.3 is 14.8 Å². The highest BCUT2D eigenvalue weighted by Crippen LogP contribution is 2.37. The number of anilines is 2. The van der Waals surface area contributed by atoms with Crippen molar-refractivity contribution < 1.29 is 32.2 Å². The molecule has 2 aromatic rings. The zero-order chi connectivity index (χ0) is 24.2. The number of hydrogen-bond acceptors (Lipinski definition) is 5. The first kappa shape index (κ1) is 24.4. The van der Waals surface area contributed by atoms with Gasteiger partial charge in [0.25, 0.3) is 0 Å². The molecule has 1 N–H and O–H groups in total. The van der Waals surface area contributed by atoms with Crippen molar-refractivity contribution in [2.75, 3.05) is 37.5 Å². The highest BCUT2D eigenvalue weighted by Gasteiger charge is 2.49. The summed E-state index contributed by atoms with van der Waals surface area (Å²) in [6, 6.07) is 9.03. The predicted octanol–water partition coefficient (Wildman–Crippen LogP) is 3.83. The number of rotatable bonds is 7. The minimum absolute atomic E-state index is 0.0202. The molecule has 0 aliphatic carbocycles. The smallest absolute Gasteiger partial charge is 0.409 e. The molecule has 0 saturated carbocycles. The first-order chi connectivity index (χ1) is 15.6. The number of hydrogen-bond donors (Lipinski definition) is 1. The molecule has 7 nitrogen and oxygen atoms in total. The van der Waals surface area contributed by atoms with Crippen molar-refractivity contribution >= 4 is 23.2 Å². The molecular formula is C23H26F3N3O4. The van der Waals surface area contributed by atoms with Crippen molar-refractivity contribution in [3.63, 3.8) is 0 Å². The molecular weight excluding hydrogens is 439 g/mol. The third-order valence-electron chi connectivity index (χ3n) is 5.16. The third kappa shape index (κ3) is 5.75. The minimum atomic E-state index is -4.77. The quantitative estimate of drug-likeness (QED) is 0.673. The second-order valence-corrected chi connectivity index (χ2v) is 7.68. The lowest BCUT2D eigenvalue weighted by Gasteiger charge is -2.33. The van der Waals surface area contributed by atoms with E-state index in [0.29, 0.717) is 23.0 Å². The summed E-state index contributed by atoms with van der Waals surface area (Å²) in [5.41, 5.74) is 0.986. The molecule has 178 valence electrons. The Labute approximate surface area is 190 Å². The number of carbonyl (C=O) groups is 2. The molecule has 1 aliphatic heterocycles. The third-order valence-corrected chi connectivity index (χ3v) is 5.16. The maximum Gasteiger partial charge on any atom is 0.409 e. The Balaban J connectivity index is 1.83. The van der Waals surface area contributed by atoms with Gasteiger partial charge in [0.2, 0.25) is 11.8 Å². The van der Waals surface area contributed by atoms with E-state index in [0.717, 1.165) is 5.56 Å². The van der Waals surface area contributed by atoms with Gasteiger partial charge in [0, 0.05) is 6.54 Å². The van der Waals surface area contributed by atoms with Crippen LogP contribution in [0.3, 0.4) is 0 Å². The van der Waals surface area contributed by atoms with Crippen molar-refractivity contribution in [2.45, 2.75) is 32.1 Å². The molecule has 1 atom stereocenters. The maximum atomic E-state index is 13.9. The summed E-state index contributed by atoms with van der Waals surface area (Å²) in [6.45, 7) is 2.33. The van der Waals surface area contributed by atoms with Crippen LogP contribution in [0, 0.1) is 0 Å². The zero-order valence-corrected chi connectivity index (χ0v) is 18.6. The lowest BCUT2D eigenvalue weighted by molar-refractivity contribution is -0.158. The van der Waals surface area contributed by atoms with Gasteiger partial charge in [0.15, 0.2) is 11.5 Å². The van der Waals surface area contributed by atoms with Crippen LogP contribution >= 0.6 is 0 Å². The van der Waals surface area contributed by atoms with Gasteiger partial charge >= 0.3 is 6.18 Å². The SMILES string of the molecule is CCOc1ccc(CN(C)CC(=O)N2c3ccccc3NC(=O)CC2C(F)(F)F)cc1OC. The average molecular weight is 465 g/mol. The minimum Gasteiger partial charge on any atom is -0.493 e. The molecule has 10 heteroatoms. The van der Waals surface area contributed by atoms with E-state index in [4.69, 9.17) is 9.47 Å². The van der Waals surface area contributed by atoms with Gasteiger partial charge in [-0.1, -0.05) is 18.2 Å². The predicted molar refractivity (Wildman–Crippen MR) is 118 cm³/mol. The van der Waals surface area contributed by atoms with E-state index in [1.165, 1.54) is 25.3 Å². The molecule has 0 fully saturated rings. The van der Waals surface area contributed by atoms with E-state index in [1.54, 1.807) is 36.2 Å². The number of alkyl halides is 3. The Morgan fingerprint density at radius 2 is 1.94 bits per heavy atom. The molecule has 0 bridgehead atoms. The summed E-state index contributed by atoms with van der Waals surface area (Å²) >= 11 is 0. The van der Waals surface area contributed by atoms with Crippen LogP contribution in [0.5, 0.6) is 11.5 Å². The van der Waals surface area contributed by atoms with Crippen LogP contribution in [0.15, 0.2) is 42.5 Å². The molecule has 3 rings (SSSR count). The summed E-state index contributed by atoms with van der Waals surface area (Å²) < 4.78 is 52.4. The van der Waals surface area contributed by atoms with E-state index in [1.807, 2.05) is 6.92 Å². The molecule has 33 heavy (non-hydrogen) atoms. The van der Waals surface area contributed by atoms with Crippen LogP contribution in [-0.2, 0) is 16.1 Å². The fraction of sp³-hybridized carbons (Fsp3) is 0.391. The highest BCUT2D eigenvalue weighted by molar-refractivity contribution is 6.05. The number of para-hydroxylation sites is 2. The summed E-state index contributed by atoms with van der Waals surface area (Å²) in [5.74, 6) is -0.456. The lowest BCUT2D eigenvalue weighted by Crippen LogP contribution is -2.52. The van der Waals surface area contributed by atoms with Crippen LogP contribution in [-0.4, -0.2) is 56.2 Å². The van der Waals surface area contributed by atoms with Crippen LogP contribution < -0.4 is 19.7 Å². The zero-order valence-electron chi connectivity index (χ0n) is 18.6. The molecule has 0 saturated heterocycles. The monoisotopic (exact) mass is 465 g/mol. The molecule has 1 heterocycles. The summed E-state index contributed by atoms with van der Waals surface area (Å²) in [6.07, 6.45) is -5.64. The number of ether oxygens (including phenoxy) is 2. The Hall–Kier alpha value is -3.27. The van der Waals surface area contributed by atoms with Crippen molar-refractivity contribution in [3.8, 4) is 11.5 Å². The second kappa shape index (κ2) is 10.1. The first-order valence-corrected chi connectivity index (χ1v) is 10.4. The molecule has 0 spiro atoms. The van der Waals surface area contributed by atoms with Gasteiger partial charge in [-0.15, -0.1) is 0 Å². The van der Waals surface area contributed by atoms with Gasteiger partial charge in [0.1, 0.15) is 6.04 Å². The number of fused-ring (bicyclic) bond motifs is 1. The van der Waals surface area contributed by atoms with Crippen LogP contribution in [0.25, 0.3) is 0 Å².